The van der Waals surface area contributed by atoms with Crippen LogP contribution in [0.2, 0.25) is 0 Å². The predicted molar refractivity (Wildman–Crippen MR) is 485 cm³/mol. The highest BCUT2D eigenvalue weighted by Crippen LogP contribution is 2.66. The number of hydrogen-bond donors (Lipinski definition) is 0. The molecule has 5 aliphatic rings. The summed E-state index contributed by atoms with van der Waals surface area (Å²) in [6.07, 6.45) is 0. The molecule has 0 saturated heterocycles. The lowest BCUT2D eigenvalue weighted by atomic mass is 9.66. The third kappa shape index (κ3) is 10.0. The van der Waals surface area contributed by atoms with E-state index in [9.17, 15) is 0 Å². The second-order valence-corrected chi connectivity index (χ2v) is 32.3. The lowest BCUT2D eigenvalue weighted by molar-refractivity contribution is 0.436. The van der Waals surface area contributed by atoms with E-state index in [0.29, 0.717) is 0 Å². The van der Waals surface area contributed by atoms with Crippen LogP contribution in [0.4, 0.5) is 34.1 Å². The third-order valence-corrected chi connectivity index (χ3v) is 25.9. The van der Waals surface area contributed by atoms with Gasteiger partial charge in [-0.05, 0) is 210 Å². The summed E-state index contributed by atoms with van der Waals surface area (Å²) in [6, 6.07) is 149. The minimum absolute atomic E-state index is 0.131. The second kappa shape index (κ2) is 26.4. The number of hydrogen-bond acceptors (Lipinski definition) is 6. The fourth-order valence-corrected chi connectivity index (χ4v) is 20.9. The molecular formula is C113H74N2O4. The number of fused-ring (bicyclic) bond motifs is 27. The van der Waals surface area contributed by atoms with E-state index in [1.54, 1.807) is 0 Å². The Balaban J connectivity index is 0.000000136. The summed E-state index contributed by atoms with van der Waals surface area (Å²) in [6.45, 7) is 4.70. The van der Waals surface area contributed by atoms with Crippen molar-refractivity contribution in [2.75, 3.05) is 9.80 Å². The zero-order chi connectivity index (χ0) is 78.7. The standard InChI is InChI=1S/C58H39NO2.C55H35NO2/c1-57(2)45-23-9-6-19-38(45)40-32-31-37(33-49(40)57)59(36-17-4-3-5-18-36)51-27-13-8-21-41(51)42-22-16-30-54-56(42)44-34-50-43(35-55(44)61-54)39-20-7-10-24-46(39)58(50)47-25-11-14-28-52(47)60-53-29-15-12-26-48(53)58;1-3-16-36(17-4-1)37-30-32-39(33-31-37)56(38-18-5-2-6-19-38)49-26-12-8-21-41(49)42-22-15-29-52-54(42)44-34-48-43(35-53(44)58-52)40-20-7-9-23-45(40)55(48)46-24-10-13-27-50(46)57-51-28-14-11-25-47(51)55/h3-35H,1-2H3;1-35H. The van der Waals surface area contributed by atoms with Crippen LogP contribution in [0.1, 0.15) is 69.5 Å². The molecule has 18 aromatic carbocycles. The van der Waals surface area contributed by atoms with Crippen LogP contribution < -0.4 is 19.3 Å². The Morgan fingerprint density at radius 1 is 0.202 bits per heavy atom. The van der Waals surface area contributed by atoms with Crippen molar-refractivity contribution in [1.82, 2.24) is 0 Å². The maximum atomic E-state index is 6.90. The van der Waals surface area contributed by atoms with Gasteiger partial charge in [0, 0.05) is 83.1 Å². The van der Waals surface area contributed by atoms with Crippen molar-refractivity contribution in [3.05, 3.63) is 468 Å². The maximum absolute atomic E-state index is 6.90. The molecule has 0 radical (unpaired) electrons. The molecule has 3 aliphatic carbocycles. The van der Waals surface area contributed by atoms with Crippen LogP contribution >= 0.6 is 0 Å². The number of nitrogens with zero attached hydrogens (tertiary/aromatic N) is 2. The monoisotopic (exact) mass is 1520 g/mol. The number of anilines is 6. The van der Waals surface area contributed by atoms with Crippen molar-refractivity contribution < 1.29 is 18.3 Å². The van der Waals surface area contributed by atoms with Gasteiger partial charge in [0.05, 0.1) is 22.2 Å². The summed E-state index contributed by atoms with van der Waals surface area (Å²) < 4.78 is 27.0. The Kier molecular flexibility index (Phi) is 15.1. The second-order valence-electron chi connectivity index (χ2n) is 32.3. The summed E-state index contributed by atoms with van der Waals surface area (Å²) in [7, 11) is 0. The van der Waals surface area contributed by atoms with Gasteiger partial charge in [0.15, 0.2) is 0 Å². The first-order valence-electron chi connectivity index (χ1n) is 41.0. The van der Waals surface area contributed by atoms with E-state index in [0.717, 1.165) is 146 Å². The Hall–Kier alpha value is -15.2. The Morgan fingerprint density at radius 3 is 0.983 bits per heavy atom. The molecule has 0 bridgehead atoms. The molecule has 6 nitrogen and oxygen atoms in total. The first-order valence-corrected chi connectivity index (χ1v) is 41.0. The Bertz CT molecular complexity index is 7450. The highest BCUT2D eigenvalue weighted by Gasteiger charge is 2.53. The van der Waals surface area contributed by atoms with Crippen molar-refractivity contribution >= 4 is 78.0 Å². The van der Waals surface area contributed by atoms with E-state index in [2.05, 4.69) is 436 Å². The maximum Gasteiger partial charge on any atom is 0.136 e. The number of ether oxygens (including phenoxy) is 2. The topological polar surface area (TPSA) is 51.2 Å². The molecule has 4 heterocycles. The van der Waals surface area contributed by atoms with E-state index >= 15 is 0 Å². The zero-order valence-corrected chi connectivity index (χ0v) is 65.3. The molecule has 0 amide bonds. The van der Waals surface area contributed by atoms with Crippen LogP contribution in [0.25, 0.3) is 111 Å². The molecule has 560 valence electrons. The van der Waals surface area contributed by atoms with Gasteiger partial charge in [-0.2, -0.15) is 0 Å². The molecule has 20 aromatic rings. The number of benzene rings is 18. The number of para-hydroxylation sites is 8. The van der Waals surface area contributed by atoms with Gasteiger partial charge in [0.1, 0.15) is 45.3 Å². The molecule has 0 fully saturated rings. The van der Waals surface area contributed by atoms with Crippen molar-refractivity contribution in [2.24, 2.45) is 0 Å². The largest absolute Gasteiger partial charge is 0.457 e. The third-order valence-electron chi connectivity index (χ3n) is 25.9. The first-order chi connectivity index (χ1) is 58.8. The minimum Gasteiger partial charge on any atom is -0.457 e. The van der Waals surface area contributed by atoms with Crippen molar-refractivity contribution in [3.63, 3.8) is 0 Å². The first kappa shape index (κ1) is 68.2. The zero-order valence-electron chi connectivity index (χ0n) is 65.3. The fourth-order valence-electron chi connectivity index (χ4n) is 20.9. The summed E-state index contributed by atoms with van der Waals surface area (Å²) in [5.41, 5.74) is 35.4. The van der Waals surface area contributed by atoms with Crippen LogP contribution in [-0.2, 0) is 16.2 Å². The van der Waals surface area contributed by atoms with Gasteiger partial charge >= 0.3 is 0 Å². The summed E-state index contributed by atoms with van der Waals surface area (Å²) in [4.78, 5) is 4.79. The molecule has 25 rings (SSSR count). The average Bonchev–Trinajstić information content (AvgIpc) is 1.53. The van der Waals surface area contributed by atoms with Gasteiger partial charge in [-0.3, -0.25) is 0 Å². The van der Waals surface area contributed by atoms with Gasteiger partial charge in [-0.25, -0.2) is 0 Å². The quantitative estimate of drug-likeness (QED) is 0.144. The van der Waals surface area contributed by atoms with Crippen LogP contribution in [-0.4, -0.2) is 0 Å². The van der Waals surface area contributed by atoms with Crippen LogP contribution in [0.5, 0.6) is 23.0 Å². The summed E-state index contributed by atoms with van der Waals surface area (Å²) >= 11 is 0. The normalized spacial score (nSPS) is 13.8. The van der Waals surface area contributed by atoms with Gasteiger partial charge < -0.3 is 28.1 Å². The van der Waals surface area contributed by atoms with Crippen molar-refractivity contribution in [2.45, 2.75) is 30.1 Å². The molecule has 0 N–H and O–H groups in total. The summed E-state index contributed by atoms with van der Waals surface area (Å²) in [5.74, 6) is 3.53. The Labute approximate surface area is 689 Å². The molecule has 2 spiro atoms. The van der Waals surface area contributed by atoms with E-state index < -0.39 is 10.8 Å². The van der Waals surface area contributed by atoms with Crippen molar-refractivity contribution in [3.8, 4) is 89.8 Å². The minimum atomic E-state index is -0.576. The highest BCUT2D eigenvalue weighted by molar-refractivity contribution is 6.17. The smallest absolute Gasteiger partial charge is 0.136 e. The predicted octanol–water partition coefficient (Wildman–Crippen LogP) is 30.4. The molecular weight excluding hydrogens is 1450 g/mol. The molecule has 6 heteroatoms. The summed E-state index contributed by atoms with van der Waals surface area (Å²) in [5, 5.41) is 4.38. The van der Waals surface area contributed by atoms with Crippen molar-refractivity contribution in [1.29, 1.82) is 0 Å². The lowest BCUT2D eigenvalue weighted by Crippen LogP contribution is -2.32. The van der Waals surface area contributed by atoms with Crippen LogP contribution in [0.15, 0.2) is 421 Å². The van der Waals surface area contributed by atoms with Crippen LogP contribution in [0, 0.1) is 0 Å². The Morgan fingerprint density at radius 2 is 0.529 bits per heavy atom. The molecule has 0 unspecified atom stereocenters. The molecule has 2 aliphatic heterocycles. The van der Waals surface area contributed by atoms with Gasteiger partial charge in [0.25, 0.3) is 0 Å². The van der Waals surface area contributed by atoms with Crippen LogP contribution in [0.3, 0.4) is 0 Å². The van der Waals surface area contributed by atoms with E-state index in [1.165, 1.54) is 77.9 Å². The number of furan rings is 2. The van der Waals surface area contributed by atoms with E-state index in [4.69, 9.17) is 18.3 Å². The number of rotatable bonds is 9. The fraction of sp³-hybridized carbons (Fsp3) is 0.0442. The highest BCUT2D eigenvalue weighted by atomic mass is 16.5. The average molecular weight is 1520 g/mol. The van der Waals surface area contributed by atoms with Gasteiger partial charge in [-0.1, -0.05) is 305 Å². The van der Waals surface area contributed by atoms with Gasteiger partial charge in [0.2, 0.25) is 0 Å². The SMILES string of the molecule is CC1(C)c2ccccc2-c2ccc(N(c3ccccc3)c3ccccc3-c3cccc4oc5cc6c(cc5c34)C3(c4ccccc4Oc4ccccc43)c3ccccc3-6)cc21.c1ccc(-c2ccc(N(c3ccccc3)c3ccccc3-c3cccc4oc5cc6c(cc5c34)C3(c4ccccc4Oc4ccccc43)c3ccccc3-6)cc2)cc1. The van der Waals surface area contributed by atoms with E-state index in [-0.39, 0.29) is 5.41 Å². The molecule has 2 aromatic heterocycles. The molecule has 0 atom stereocenters. The lowest BCUT2D eigenvalue weighted by Gasteiger charge is -2.39. The van der Waals surface area contributed by atoms with E-state index in [1.807, 2.05) is 0 Å². The molecule has 119 heavy (non-hydrogen) atoms. The van der Waals surface area contributed by atoms with Gasteiger partial charge in [-0.15, -0.1) is 0 Å². The molecule has 0 saturated carbocycles.